The molecule has 0 bridgehead atoms. The summed E-state index contributed by atoms with van der Waals surface area (Å²) < 4.78 is 0. The molecular formula is C46H50FeN2O2Zr-2. The van der Waals surface area contributed by atoms with Crippen LogP contribution in [0.4, 0.5) is 11.4 Å². The Morgan fingerprint density at radius 2 is 0.846 bits per heavy atom. The summed E-state index contributed by atoms with van der Waals surface area (Å²) >= 11 is 0. The van der Waals surface area contributed by atoms with Crippen LogP contribution < -0.4 is 10.6 Å². The predicted octanol–water partition coefficient (Wildman–Crippen LogP) is 11.4. The van der Waals surface area contributed by atoms with Crippen molar-refractivity contribution in [2.24, 2.45) is 10.8 Å². The third kappa shape index (κ3) is 15.9. The number of anilines is 2. The molecule has 0 saturated heterocycles. The third-order valence-corrected chi connectivity index (χ3v) is 7.51. The van der Waals surface area contributed by atoms with E-state index in [-0.39, 0.29) is 65.7 Å². The molecule has 4 nitrogen and oxygen atoms in total. The van der Waals surface area contributed by atoms with Crippen molar-refractivity contribution < 1.29 is 52.9 Å². The first kappa shape index (κ1) is 45.7. The number of benzene rings is 2. The van der Waals surface area contributed by atoms with Gasteiger partial charge in [-0.2, -0.15) is 73.5 Å². The van der Waals surface area contributed by atoms with Gasteiger partial charge in [0.2, 0.25) is 0 Å². The molecule has 2 aliphatic carbocycles. The van der Waals surface area contributed by atoms with Crippen molar-refractivity contribution in [3.05, 3.63) is 205 Å². The average molecular weight is 810 g/mol. The van der Waals surface area contributed by atoms with Crippen LogP contribution in [0.1, 0.15) is 52.7 Å². The Morgan fingerprint density at radius 1 is 0.538 bits per heavy atom. The number of nitrogens with one attached hydrogen (secondary N) is 2. The zero-order valence-corrected chi connectivity index (χ0v) is 34.7. The van der Waals surface area contributed by atoms with Gasteiger partial charge in [-0.05, 0) is 22.0 Å². The molecule has 0 saturated carbocycles. The second-order valence-corrected chi connectivity index (χ2v) is 13.8. The van der Waals surface area contributed by atoms with Gasteiger partial charge in [0.25, 0.3) is 0 Å². The summed E-state index contributed by atoms with van der Waals surface area (Å²) in [5.74, 6) is 0.202. The Kier molecular flexibility index (Phi) is 19.8. The summed E-state index contributed by atoms with van der Waals surface area (Å²) in [7, 11) is 0. The number of carbonyl (C=O) groups excluding carboxylic acids is 2. The summed E-state index contributed by atoms with van der Waals surface area (Å²) in [5, 5.41) is 6.27. The van der Waals surface area contributed by atoms with Gasteiger partial charge < -0.3 is 10.6 Å². The molecule has 0 radical (unpaired) electrons. The molecule has 4 aromatic carbocycles. The zero-order valence-electron chi connectivity index (χ0n) is 31.1. The summed E-state index contributed by atoms with van der Waals surface area (Å²) in [6, 6.07) is 35.4. The molecule has 52 heavy (non-hydrogen) atoms. The summed E-state index contributed by atoms with van der Waals surface area (Å²) in [6.07, 6.45) is 14.9. The topological polar surface area (TPSA) is 58.2 Å². The van der Waals surface area contributed by atoms with Crippen LogP contribution in [0.5, 0.6) is 0 Å². The van der Waals surface area contributed by atoms with Crippen molar-refractivity contribution in [1.29, 1.82) is 0 Å². The van der Waals surface area contributed by atoms with E-state index in [2.05, 4.69) is 66.0 Å². The van der Waals surface area contributed by atoms with Crippen LogP contribution in [-0.4, -0.2) is 11.6 Å². The molecule has 0 amide bonds. The van der Waals surface area contributed by atoms with Crippen molar-refractivity contribution in [1.82, 2.24) is 0 Å². The van der Waals surface area contributed by atoms with Crippen LogP contribution in [0.2, 0.25) is 0 Å². The SMILES string of the molecule is CC(C)(C)C1=CC=CC(=CN[c-]2cccc2)C1=O.CC(C)(C)C1=CC=CC(=CN[c-]2cccc2)C1=O.[CH2-]c1ccccc1.[CH2-]c1ccccc1.[Fe].[Zr+2]. The molecule has 270 valence electrons. The Hall–Kier alpha value is -4.34. The molecular weight excluding hydrogens is 760 g/mol. The molecule has 0 heterocycles. The number of allylic oxidation sites excluding steroid dienone is 10. The Bertz CT molecular complexity index is 1690. The molecule has 2 N–H and O–H groups in total. The van der Waals surface area contributed by atoms with Crippen molar-refractivity contribution in [2.75, 3.05) is 10.6 Å². The molecule has 0 fully saturated rings. The van der Waals surface area contributed by atoms with E-state index in [0.717, 1.165) is 33.6 Å². The van der Waals surface area contributed by atoms with E-state index in [0.29, 0.717) is 11.1 Å². The van der Waals surface area contributed by atoms with E-state index in [1.165, 1.54) is 0 Å². The minimum Gasteiger partial charge on any atom is -0.439 e. The van der Waals surface area contributed by atoms with Crippen LogP contribution in [0.25, 0.3) is 0 Å². The average Bonchev–Trinajstić information content (AvgIpc) is 3.80. The van der Waals surface area contributed by atoms with E-state index in [1.807, 2.05) is 146 Å². The maximum absolute atomic E-state index is 12.3. The van der Waals surface area contributed by atoms with Crippen molar-refractivity contribution in [3.8, 4) is 0 Å². The van der Waals surface area contributed by atoms with Crippen LogP contribution in [-0.2, 0) is 52.9 Å². The van der Waals surface area contributed by atoms with Gasteiger partial charge >= 0.3 is 26.2 Å². The zero-order chi connectivity index (χ0) is 36.6. The van der Waals surface area contributed by atoms with Crippen LogP contribution >= 0.6 is 0 Å². The fraction of sp³-hybridized carbons (Fsp3) is 0.174. The fourth-order valence-corrected chi connectivity index (χ4v) is 4.74. The van der Waals surface area contributed by atoms with E-state index < -0.39 is 0 Å². The van der Waals surface area contributed by atoms with Crippen LogP contribution in [0.3, 0.4) is 0 Å². The van der Waals surface area contributed by atoms with Gasteiger partial charge in [0.1, 0.15) is 0 Å². The largest absolute Gasteiger partial charge is 2.00 e. The van der Waals surface area contributed by atoms with Crippen molar-refractivity contribution in [2.45, 2.75) is 41.5 Å². The Morgan fingerprint density at radius 3 is 1.10 bits per heavy atom. The molecule has 0 unspecified atom stereocenters. The predicted molar refractivity (Wildman–Crippen MR) is 213 cm³/mol. The second-order valence-electron chi connectivity index (χ2n) is 13.8. The number of ketones is 2. The van der Waals surface area contributed by atoms with Gasteiger partial charge in [0.05, 0.1) is 0 Å². The first-order valence-electron chi connectivity index (χ1n) is 16.7. The Labute approximate surface area is 341 Å². The van der Waals surface area contributed by atoms with Gasteiger partial charge in [-0.15, -0.1) is 48.5 Å². The van der Waals surface area contributed by atoms with Crippen molar-refractivity contribution in [3.63, 3.8) is 0 Å². The normalized spacial score (nSPS) is 14.8. The Balaban J connectivity index is 0.000000371. The molecule has 0 aromatic heterocycles. The molecule has 4 aromatic rings. The van der Waals surface area contributed by atoms with Gasteiger partial charge in [-0.25, -0.2) is 0 Å². The van der Waals surface area contributed by atoms with E-state index >= 15 is 0 Å². The first-order chi connectivity index (χ1) is 23.8. The number of hydrogen-bond acceptors (Lipinski definition) is 4. The molecule has 2 aliphatic rings. The van der Waals surface area contributed by atoms with Gasteiger partial charge in [0, 0.05) is 28.2 Å². The fourth-order valence-electron chi connectivity index (χ4n) is 4.74. The van der Waals surface area contributed by atoms with Gasteiger partial charge in [0.15, 0.2) is 11.6 Å². The first-order valence-corrected chi connectivity index (χ1v) is 16.7. The van der Waals surface area contributed by atoms with E-state index in [9.17, 15) is 9.59 Å². The minimum absolute atomic E-state index is 0. The van der Waals surface area contributed by atoms with Crippen molar-refractivity contribution >= 4 is 22.9 Å². The molecule has 6 heteroatoms. The quantitative estimate of drug-likeness (QED) is 0.122. The number of rotatable bonds is 4. The van der Waals surface area contributed by atoms with E-state index in [4.69, 9.17) is 0 Å². The number of Topliss-reactive ketones (excluding diaryl/α,β-unsaturated/α-hetero) is 2. The molecule has 0 atom stereocenters. The maximum atomic E-state index is 12.3. The number of carbonyl (C=O) groups is 2. The minimum atomic E-state index is -0.124. The maximum Gasteiger partial charge on any atom is 2.00 e. The summed E-state index contributed by atoms with van der Waals surface area (Å²) in [4.78, 5) is 24.6. The smallest absolute Gasteiger partial charge is 0.439 e. The second kappa shape index (κ2) is 22.6. The standard InChI is InChI=1S/2C16H18NO.2C7H7.Fe.Zr/c2*1-16(2,3)14-10-6-7-12(15(14)18)11-17-13-8-4-5-9-13;2*1-7-5-3-2-4-6-7;;/h2*4-11,17H,1-3H3;2*2-6H,1H2;;/q4*-1;;+2. The molecule has 6 rings (SSSR count). The molecule has 0 aliphatic heterocycles. The van der Waals surface area contributed by atoms with E-state index in [1.54, 1.807) is 12.4 Å². The van der Waals surface area contributed by atoms with Gasteiger partial charge in [-0.1, -0.05) is 114 Å². The summed E-state index contributed by atoms with van der Waals surface area (Å²) in [5.41, 5.74) is 6.98. The number of hydrogen-bond donors (Lipinski definition) is 2. The van der Waals surface area contributed by atoms with Crippen LogP contribution in [0.15, 0.2) is 180 Å². The monoisotopic (exact) mass is 808 g/mol. The molecule has 0 spiro atoms. The van der Waals surface area contributed by atoms with Crippen LogP contribution in [0, 0.1) is 24.7 Å². The summed E-state index contributed by atoms with van der Waals surface area (Å²) in [6.45, 7) is 19.8. The van der Waals surface area contributed by atoms with Gasteiger partial charge in [-0.3, -0.25) is 9.59 Å². The third-order valence-electron chi connectivity index (χ3n) is 7.51.